The summed E-state index contributed by atoms with van der Waals surface area (Å²) in [7, 11) is 0. The highest BCUT2D eigenvalue weighted by Crippen LogP contribution is 2.16. The van der Waals surface area contributed by atoms with Gasteiger partial charge in [0.15, 0.2) is 5.78 Å². The molecule has 0 spiro atoms. The summed E-state index contributed by atoms with van der Waals surface area (Å²) in [5, 5.41) is 0. The molecule has 2 rings (SSSR count). The van der Waals surface area contributed by atoms with Crippen molar-refractivity contribution in [2.75, 3.05) is 13.1 Å². The molecule has 0 aromatic carbocycles. The fourth-order valence-corrected chi connectivity index (χ4v) is 2.89. The van der Waals surface area contributed by atoms with Crippen LogP contribution in [-0.4, -0.2) is 39.4 Å². The van der Waals surface area contributed by atoms with E-state index >= 15 is 0 Å². The van der Waals surface area contributed by atoms with Gasteiger partial charge in [0.1, 0.15) is 0 Å². The number of aromatic amines is 1. The molecule has 0 radical (unpaired) electrons. The van der Waals surface area contributed by atoms with Gasteiger partial charge in [-0.25, -0.2) is 4.79 Å². The Balaban J connectivity index is 2.03. The lowest BCUT2D eigenvalue weighted by atomic mass is 10.0. The molecule has 1 saturated heterocycles. The van der Waals surface area contributed by atoms with Crippen molar-refractivity contribution in [3.05, 3.63) is 32.6 Å². The number of carbonyl (C=O) groups is 1. The van der Waals surface area contributed by atoms with Crippen LogP contribution in [0.4, 0.5) is 0 Å². The molecule has 1 N–H and O–H groups in total. The van der Waals surface area contributed by atoms with Crippen molar-refractivity contribution in [1.29, 1.82) is 0 Å². The molecule has 1 aliphatic heterocycles. The highest BCUT2D eigenvalue weighted by molar-refractivity contribution is 5.93. The molecule has 21 heavy (non-hydrogen) atoms. The Morgan fingerprint density at radius 2 is 2.10 bits per heavy atom. The van der Waals surface area contributed by atoms with Crippen molar-refractivity contribution in [2.45, 2.75) is 52.1 Å². The van der Waals surface area contributed by atoms with Crippen molar-refractivity contribution in [3.63, 3.8) is 0 Å². The molecule has 1 aromatic rings. The van der Waals surface area contributed by atoms with Crippen LogP contribution in [0.15, 0.2) is 15.8 Å². The number of rotatable bonds is 5. The summed E-state index contributed by atoms with van der Waals surface area (Å²) in [4.78, 5) is 40.0. The third-order valence-electron chi connectivity index (χ3n) is 4.21. The number of carbonyl (C=O) groups excluding carboxylic acids is 1. The zero-order valence-corrected chi connectivity index (χ0v) is 12.7. The van der Waals surface area contributed by atoms with Crippen molar-refractivity contribution >= 4 is 5.78 Å². The van der Waals surface area contributed by atoms with Gasteiger partial charge in [-0.3, -0.25) is 14.2 Å². The third-order valence-corrected chi connectivity index (χ3v) is 4.21. The Bertz CT molecular complexity index is 617. The minimum Gasteiger partial charge on any atom is -0.313 e. The number of ketones is 1. The standard InChI is InChI=1S/C15H23N3O3/c1-11-6-3-4-7-17(11)8-5-9-18-14(20)13(12(2)19)10-16-15(18)21/h10-11H,3-9H2,1-2H3,(H,16,21). The first-order valence-electron chi connectivity index (χ1n) is 7.58. The van der Waals surface area contributed by atoms with Gasteiger partial charge >= 0.3 is 5.69 Å². The predicted molar refractivity (Wildman–Crippen MR) is 80.8 cm³/mol. The molecule has 1 aromatic heterocycles. The van der Waals surface area contributed by atoms with Crippen LogP contribution in [0.5, 0.6) is 0 Å². The van der Waals surface area contributed by atoms with E-state index in [-0.39, 0.29) is 11.3 Å². The van der Waals surface area contributed by atoms with Crippen molar-refractivity contribution in [1.82, 2.24) is 14.5 Å². The lowest BCUT2D eigenvalue weighted by Crippen LogP contribution is -2.41. The first-order valence-corrected chi connectivity index (χ1v) is 7.58. The van der Waals surface area contributed by atoms with Crippen LogP contribution in [-0.2, 0) is 6.54 Å². The van der Waals surface area contributed by atoms with Gasteiger partial charge in [0.2, 0.25) is 0 Å². The van der Waals surface area contributed by atoms with Gasteiger partial charge in [-0.2, -0.15) is 0 Å². The highest BCUT2D eigenvalue weighted by Gasteiger charge is 2.18. The Kier molecular flexibility index (Phi) is 5.12. The van der Waals surface area contributed by atoms with Gasteiger partial charge in [-0.15, -0.1) is 0 Å². The molecule has 2 heterocycles. The van der Waals surface area contributed by atoms with E-state index in [9.17, 15) is 14.4 Å². The monoisotopic (exact) mass is 293 g/mol. The average molecular weight is 293 g/mol. The second-order valence-corrected chi connectivity index (χ2v) is 5.75. The van der Waals surface area contributed by atoms with E-state index in [0.29, 0.717) is 12.6 Å². The Morgan fingerprint density at radius 3 is 2.76 bits per heavy atom. The smallest absolute Gasteiger partial charge is 0.313 e. The minimum absolute atomic E-state index is 0.0425. The van der Waals surface area contributed by atoms with Crippen LogP contribution in [0.2, 0.25) is 0 Å². The van der Waals surface area contributed by atoms with Crippen LogP contribution in [0.25, 0.3) is 0 Å². The molecular formula is C15H23N3O3. The number of likely N-dealkylation sites (tertiary alicyclic amines) is 1. The Morgan fingerprint density at radius 1 is 1.33 bits per heavy atom. The van der Waals surface area contributed by atoms with E-state index < -0.39 is 11.2 Å². The maximum Gasteiger partial charge on any atom is 0.328 e. The van der Waals surface area contributed by atoms with E-state index in [1.54, 1.807) is 0 Å². The zero-order chi connectivity index (χ0) is 15.4. The first kappa shape index (κ1) is 15.7. The molecule has 116 valence electrons. The molecule has 1 aliphatic rings. The van der Waals surface area contributed by atoms with Crippen LogP contribution < -0.4 is 11.2 Å². The molecule has 0 saturated carbocycles. The molecular weight excluding hydrogens is 270 g/mol. The van der Waals surface area contributed by atoms with Gasteiger partial charge in [0, 0.05) is 25.3 Å². The topological polar surface area (TPSA) is 75.2 Å². The number of aromatic nitrogens is 2. The molecule has 6 heteroatoms. The lowest BCUT2D eigenvalue weighted by Gasteiger charge is -2.33. The molecule has 0 amide bonds. The summed E-state index contributed by atoms with van der Waals surface area (Å²) in [5.41, 5.74) is -0.893. The third kappa shape index (κ3) is 3.69. The second kappa shape index (κ2) is 6.85. The van der Waals surface area contributed by atoms with Crippen LogP contribution in [0.1, 0.15) is 49.9 Å². The Labute approximate surface area is 123 Å². The minimum atomic E-state index is -0.488. The van der Waals surface area contributed by atoms with E-state index in [1.807, 2.05) is 0 Å². The van der Waals surface area contributed by atoms with Crippen molar-refractivity contribution in [2.24, 2.45) is 0 Å². The van der Waals surface area contributed by atoms with Crippen molar-refractivity contribution < 1.29 is 4.79 Å². The molecule has 1 fully saturated rings. The van der Waals surface area contributed by atoms with E-state index in [1.165, 1.54) is 32.4 Å². The summed E-state index contributed by atoms with van der Waals surface area (Å²) < 4.78 is 1.13. The van der Waals surface area contributed by atoms with Gasteiger partial charge in [-0.1, -0.05) is 6.42 Å². The Hall–Kier alpha value is -1.69. The SMILES string of the molecule is CC(=O)c1c[nH]c(=O)n(CCCN2CCCCC2C)c1=O. The van der Waals surface area contributed by atoms with Gasteiger partial charge in [0.25, 0.3) is 5.56 Å². The van der Waals surface area contributed by atoms with Crippen LogP contribution in [0, 0.1) is 0 Å². The summed E-state index contributed by atoms with van der Waals surface area (Å²) in [6.07, 6.45) is 5.63. The number of piperidine rings is 1. The number of hydrogen-bond donors (Lipinski definition) is 1. The van der Waals surface area contributed by atoms with Gasteiger partial charge < -0.3 is 9.88 Å². The number of Topliss-reactive ketones (excluding diaryl/α,β-unsaturated/α-hetero) is 1. The number of hydrogen-bond acceptors (Lipinski definition) is 4. The molecule has 6 nitrogen and oxygen atoms in total. The quantitative estimate of drug-likeness (QED) is 0.822. The summed E-state index contributed by atoms with van der Waals surface area (Å²) in [6.45, 7) is 5.85. The maximum atomic E-state index is 12.1. The highest BCUT2D eigenvalue weighted by atomic mass is 16.2. The summed E-state index contributed by atoms with van der Waals surface area (Å²) in [5.74, 6) is -0.324. The second-order valence-electron chi connectivity index (χ2n) is 5.75. The molecule has 0 aliphatic carbocycles. The maximum absolute atomic E-state index is 12.1. The molecule has 1 unspecified atom stereocenters. The average Bonchev–Trinajstić information content (AvgIpc) is 2.44. The molecule has 1 atom stereocenters. The fourth-order valence-electron chi connectivity index (χ4n) is 2.89. The van der Waals surface area contributed by atoms with E-state index in [0.717, 1.165) is 24.1 Å². The van der Waals surface area contributed by atoms with E-state index in [2.05, 4.69) is 16.8 Å². The van der Waals surface area contributed by atoms with Crippen molar-refractivity contribution in [3.8, 4) is 0 Å². The summed E-state index contributed by atoms with van der Waals surface area (Å²) >= 11 is 0. The molecule has 0 bridgehead atoms. The van der Waals surface area contributed by atoms with E-state index in [4.69, 9.17) is 0 Å². The fraction of sp³-hybridized carbons (Fsp3) is 0.667. The number of nitrogens with zero attached hydrogens (tertiary/aromatic N) is 2. The van der Waals surface area contributed by atoms with Crippen LogP contribution in [0.3, 0.4) is 0 Å². The number of nitrogens with one attached hydrogen (secondary N) is 1. The summed E-state index contributed by atoms with van der Waals surface area (Å²) in [6, 6.07) is 0.567. The largest absolute Gasteiger partial charge is 0.328 e. The lowest BCUT2D eigenvalue weighted by molar-refractivity contribution is 0.101. The van der Waals surface area contributed by atoms with Gasteiger partial charge in [0.05, 0.1) is 5.56 Å². The normalized spacial score (nSPS) is 19.6. The predicted octanol–water partition coefficient (Wildman–Crippen LogP) is 1.00. The van der Waals surface area contributed by atoms with Gasteiger partial charge in [-0.05, 0) is 39.7 Å². The number of H-pyrrole nitrogens is 1. The zero-order valence-electron chi connectivity index (χ0n) is 12.7. The van der Waals surface area contributed by atoms with Crippen LogP contribution >= 0.6 is 0 Å². The first-order chi connectivity index (χ1) is 10.0.